The van der Waals surface area contributed by atoms with Crippen LogP contribution in [0.2, 0.25) is 0 Å². The number of rotatable bonds is 3. The Hall–Kier alpha value is -2.61. The van der Waals surface area contributed by atoms with Crippen LogP contribution in [0.3, 0.4) is 0 Å². The first-order chi connectivity index (χ1) is 9.15. The summed E-state index contributed by atoms with van der Waals surface area (Å²) in [6.45, 7) is 3.73. The molecule has 2 N–H and O–H groups in total. The molecule has 0 saturated carbocycles. The molecule has 0 fully saturated rings. The maximum atomic E-state index is 9.03. The maximum Gasteiger partial charge on any atom is 0.227 e. The Morgan fingerprint density at radius 3 is 2.74 bits per heavy atom. The van der Waals surface area contributed by atoms with Gasteiger partial charge in [-0.25, -0.2) is 4.98 Å². The molecule has 1 heterocycles. The Morgan fingerprint density at radius 2 is 2.05 bits per heavy atom. The van der Waals surface area contributed by atoms with E-state index in [2.05, 4.69) is 16.0 Å². The lowest BCUT2D eigenvalue weighted by atomic mass is 10.2. The Kier molecular flexibility index (Phi) is 3.62. The molecular weight excluding hydrogens is 240 g/mol. The number of anilines is 1. The summed E-state index contributed by atoms with van der Waals surface area (Å²) in [5.74, 6) is 1.88. The minimum atomic E-state index is 0.395. The number of nitrogens with two attached hydrogens (primary N) is 1. The molecule has 0 unspecified atom stereocenters. The van der Waals surface area contributed by atoms with Crippen molar-refractivity contribution < 1.29 is 4.74 Å². The fourth-order valence-electron chi connectivity index (χ4n) is 1.57. The SMILES string of the molecule is CCc1nc(N)c(C)c(Oc2ccccc2C#N)n1. The standard InChI is InChI=1S/C14H14N4O/c1-3-12-17-13(16)9(2)14(18-12)19-11-7-5-4-6-10(11)8-15/h4-7H,3H2,1-2H3,(H2,16,17,18). The molecule has 2 aromatic rings. The molecule has 0 radical (unpaired) electrons. The number of aryl methyl sites for hydroxylation is 1. The molecule has 0 aliphatic carbocycles. The normalized spacial score (nSPS) is 9.95. The lowest BCUT2D eigenvalue weighted by molar-refractivity contribution is 0.454. The third-order valence-electron chi connectivity index (χ3n) is 2.72. The van der Waals surface area contributed by atoms with Gasteiger partial charge in [0.05, 0.1) is 11.1 Å². The fourth-order valence-corrected chi connectivity index (χ4v) is 1.57. The van der Waals surface area contributed by atoms with Crippen LogP contribution in [-0.2, 0) is 6.42 Å². The topological polar surface area (TPSA) is 84.8 Å². The zero-order valence-electron chi connectivity index (χ0n) is 10.8. The van der Waals surface area contributed by atoms with Crippen LogP contribution in [0.15, 0.2) is 24.3 Å². The van der Waals surface area contributed by atoms with E-state index in [1.165, 1.54) is 0 Å². The number of nitrogen functional groups attached to an aromatic ring is 1. The van der Waals surface area contributed by atoms with Gasteiger partial charge in [-0.3, -0.25) is 0 Å². The van der Waals surface area contributed by atoms with Crippen LogP contribution in [0.1, 0.15) is 23.9 Å². The van der Waals surface area contributed by atoms with Crippen LogP contribution in [0.5, 0.6) is 11.6 Å². The molecule has 0 saturated heterocycles. The Labute approximate surface area is 111 Å². The number of ether oxygens (including phenoxy) is 1. The molecule has 96 valence electrons. The molecule has 0 bridgehead atoms. The highest BCUT2D eigenvalue weighted by molar-refractivity contribution is 5.49. The van der Waals surface area contributed by atoms with Crippen LogP contribution in [0.4, 0.5) is 5.82 Å². The van der Waals surface area contributed by atoms with Crippen LogP contribution >= 0.6 is 0 Å². The molecule has 1 aromatic carbocycles. The molecule has 0 amide bonds. The van der Waals surface area contributed by atoms with Crippen molar-refractivity contribution in [3.63, 3.8) is 0 Å². The van der Waals surface area contributed by atoms with E-state index in [4.69, 9.17) is 15.7 Å². The number of hydrogen-bond acceptors (Lipinski definition) is 5. The van der Waals surface area contributed by atoms with Crippen molar-refractivity contribution in [3.8, 4) is 17.7 Å². The van der Waals surface area contributed by atoms with Gasteiger partial charge in [-0.15, -0.1) is 0 Å². The summed E-state index contributed by atoms with van der Waals surface area (Å²) in [6, 6.07) is 9.08. The Morgan fingerprint density at radius 1 is 1.32 bits per heavy atom. The van der Waals surface area contributed by atoms with Crippen molar-refractivity contribution >= 4 is 5.82 Å². The minimum Gasteiger partial charge on any atom is -0.437 e. The van der Waals surface area contributed by atoms with Crippen LogP contribution in [0, 0.1) is 18.3 Å². The Balaban J connectivity index is 2.44. The number of benzene rings is 1. The fraction of sp³-hybridized carbons (Fsp3) is 0.214. The lowest BCUT2D eigenvalue weighted by Gasteiger charge is -2.11. The summed E-state index contributed by atoms with van der Waals surface area (Å²) in [5.41, 5.74) is 6.95. The predicted octanol–water partition coefficient (Wildman–Crippen LogP) is 2.59. The van der Waals surface area contributed by atoms with Crippen LogP contribution < -0.4 is 10.5 Å². The van der Waals surface area contributed by atoms with Crippen LogP contribution in [0.25, 0.3) is 0 Å². The molecule has 2 rings (SSSR count). The van der Waals surface area contributed by atoms with Gasteiger partial charge in [0.2, 0.25) is 5.88 Å². The van der Waals surface area contributed by atoms with Gasteiger partial charge in [0, 0.05) is 6.42 Å². The molecule has 0 aliphatic heterocycles. The highest BCUT2D eigenvalue weighted by Gasteiger charge is 2.11. The van der Waals surface area contributed by atoms with E-state index < -0.39 is 0 Å². The average molecular weight is 254 g/mol. The first kappa shape index (κ1) is 12.8. The molecule has 5 heteroatoms. The summed E-state index contributed by atoms with van der Waals surface area (Å²) < 4.78 is 5.70. The zero-order chi connectivity index (χ0) is 13.8. The summed E-state index contributed by atoms with van der Waals surface area (Å²) in [7, 11) is 0. The second kappa shape index (κ2) is 5.36. The number of nitriles is 1. The van der Waals surface area contributed by atoms with Crippen molar-refractivity contribution in [3.05, 3.63) is 41.2 Å². The minimum absolute atomic E-state index is 0.395. The molecular formula is C14H14N4O. The molecule has 5 nitrogen and oxygen atoms in total. The first-order valence-electron chi connectivity index (χ1n) is 5.95. The second-order valence-electron chi connectivity index (χ2n) is 4.02. The van der Waals surface area contributed by atoms with E-state index in [9.17, 15) is 0 Å². The van der Waals surface area contributed by atoms with Crippen molar-refractivity contribution in [1.29, 1.82) is 5.26 Å². The largest absolute Gasteiger partial charge is 0.437 e. The monoisotopic (exact) mass is 254 g/mol. The third kappa shape index (κ3) is 2.63. The van der Waals surface area contributed by atoms with Gasteiger partial charge in [0.15, 0.2) is 0 Å². The smallest absolute Gasteiger partial charge is 0.227 e. The number of nitrogens with zero attached hydrogens (tertiary/aromatic N) is 3. The maximum absolute atomic E-state index is 9.03. The van der Waals surface area contributed by atoms with Gasteiger partial charge in [0.25, 0.3) is 0 Å². The first-order valence-corrected chi connectivity index (χ1v) is 5.95. The van der Waals surface area contributed by atoms with E-state index in [1.54, 1.807) is 31.2 Å². The van der Waals surface area contributed by atoms with E-state index in [0.717, 1.165) is 0 Å². The number of aromatic nitrogens is 2. The lowest BCUT2D eigenvalue weighted by Crippen LogP contribution is -2.04. The van der Waals surface area contributed by atoms with Crippen molar-refractivity contribution in [2.45, 2.75) is 20.3 Å². The quantitative estimate of drug-likeness (QED) is 0.909. The van der Waals surface area contributed by atoms with E-state index in [1.807, 2.05) is 6.92 Å². The van der Waals surface area contributed by atoms with E-state index >= 15 is 0 Å². The van der Waals surface area contributed by atoms with Gasteiger partial charge in [0.1, 0.15) is 23.5 Å². The molecule has 0 spiro atoms. The number of para-hydroxylation sites is 1. The van der Waals surface area contributed by atoms with E-state index in [-0.39, 0.29) is 0 Å². The molecule has 1 aromatic heterocycles. The molecule has 19 heavy (non-hydrogen) atoms. The van der Waals surface area contributed by atoms with Crippen LogP contribution in [-0.4, -0.2) is 9.97 Å². The molecule has 0 aliphatic rings. The number of hydrogen-bond donors (Lipinski definition) is 1. The van der Waals surface area contributed by atoms with Gasteiger partial charge >= 0.3 is 0 Å². The second-order valence-corrected chi connectivity index (χ2v) is 4.02. The summed E-state index contributed by atoms with van der Waals surface area (Å²) in [5, 5.41) is 9.03. The zero-order valence-corrected chi connectivity index (χ0v) is 10.8. The van der Waals surface area contributed by atoms with Gasteiger partial charge in [-0.2, -0.15) is 10.2 Å². The highest BCUT2D eigenvalue weighted by atomic mass is 16.5. The van der Waals surface area contributed by atoms with Crippen molar-refractivity contribution in [2.24, 2.45) is 0 Å². The van der Waals surface area contributed by atoms with Gasteiger partial charge < -0.3 is 10.5 Å². The van der Waals surface area contributed by atoms with Gasteiger partial charge in [-0.1, -0.05) is 19.1 Å². The summed E-state index contributed by atoms with van der Waals surface area (Å²) >= 11 is 0. The average Bonchev–Trinajstić information content (AvgIpc) is 2.44. The van der Waals surface area contributed by atoms with E-state index in [0.29, 0.717) is 40.8 Å². The van der Waals surface area contributed by atoms with Crippen molar-refractivity contribution in [1.82, 2.24) is 9.97 Å². The Bertz CT molecular complexity index is 646. The predicted molar refractivity (Wildman–Crippen MR) is 71.8 cm³/mol. The third-order valence-corrected chi connectivity index (χ3v) is 2.72. The van der Waals surface area contributed by atoms with Gasteiger partial charge in [-0.05, 0) is 19.1 Å². The summed E-state index contributed by atoms with van der Waals surface area (Å²) in [4.78, 5) is 8.46. The molecule has 0 atom stereocenters. The summed E-state index contributed by atoms with van der Waals surface area (Å²) in [6.07, 6.45) is 0.667. The highest BCUT2D eigenvalue weighted by Crippen LogP contribution is 2.27. The van der Waals surface area contributed by atoms with Crippen molar-refractivity contribution in [2.75, 3.05) is 5.73 Å².